The predicted molar refractivity (Wildman–Crippen MR) is 85.1 cm³/mol. The lowest BCUT2D eigenvalue weighted by Gasteiger charge is -2.25. The average Bonchev–Trinajstić information content (AvgIpc) is 2.88. The summed E-state index contributed by atoms with van der Waals surface area (Å²) in [7, 11) is 0. The third-order valence-corrected chi connectivity index (χ3v) is 4.50. The lowest BCUT2D eigenvalue weighted by Crippen LogP contribution is -2.32. The summed E-state index contributed by atoms with van der Waals surface area (Å²) >= 11 is 12.5. The Labute approximate surface area is 140 Å². The van der Waals surface area contributed by atoms with Crippen molar-refractivity contribution in [3.05, 3.63) is 33.8 Å². The molecule has 122 valence electrons. The number of hydrogen-bond donors (Lipinski definition) is 0. The van der Waals surface area contributed by atoms with Crippen LogP contribution in [0.5, 0.6) is 0 Å². The number of esters is 1. The summed E-state index contributed by atoms with van der Waals surface area (Å²) in [6.07, 6.45) is -0.340. The van der Waals surface area contributed by atoms with E-state index >= 15 is 0 Å². The topological polar surface area (TPSA) is 44.8 Å². The first-order valence-corrected chi connectivity index (χ1v) is 8.19. The molecule has 1 fully saturated rings. The van der Waals surface area contributed by atoms with Crippen molar-refractivity contribution in [1.29, 1.82) is 0 Å². The van der Waals surface area contributed by atoms with Gasteiger partial charge >= 0.3 is 5.97 Å². The van der Waals surface area contributed by atoms with Crippen molar-refractivity contribution in [3.63, 3.8) is 0 Å². The molecule has 1 unspecified atom stereocenters. The maximum absolute atomic E-state index is 12.3. The molecule has 4 nitrogen and oxygen atoms in total. The molecule has 0 spiro atoms. The highest BCUT2D eigenvalue weighted by Gasteiger charge is 2.51. The van der Waals surface area contributed by atoms with Crippen LogP contribution in [0.4, 0.5) is 0 Å². The van der Waals surface area contributed by atoms with Crippen LogP contribution in [0.15, 0.2) is 18.2 Å². The standard InChI is InChI=1S/C16H20Cl2O4/c1-4-16(5-2)21-13(14(22-16)15(19)20-6-3)12-10(17)8-7-9-11(12)18/h7-9,13-14H,4-6H2,1-3H3/t13-,14?/m1/s1. The molecule has 1 aromatic rings. The Kier molecular flexibility index (Phi) is 5.72. The minimum atomic E-state index is -0.878. The molecule has 0 aromatic heterocycles. The molecule has 0 aliphatic carbocycles. The lowest BCUT2D eigenvalue weighted by molar-refractivity contribution is -0.188. The Morgan fingerprint density at radius 2 is 1.77 bits per heavy atom. The summed E-state index contributed by atoms with van der Waals surface area (Å²) < 4.78 is 17.1. The molecule has 1 saturated heterocycles. The highest BCUT2D eigenvalue weighted by atomic mass is 35.5. The Morgan fingerprint density at radius 1 is 1.18 bits per heavy atom. The first-order valence-electron chi connectivity index (χ1n) is 7.44. The smallest absolute Gasteiger partial charge is 0.338 e. The monoisotopic (exact) mass is 346 g/mol. The van der Waals surface area contributed by atoms with Crippen LogP contribution in [0.1, 0.15) is 45.3 Å². The minimum absolute atomic E-state index is 0.271. The number of benzene rings is 1. The number of hydrogen-bond acceptors (Lipinski definition) is 4. The van der Waals surface area contributed by atoms with Crippen LogP contribution in [0.3, 0.4) is 0 Å². The van der Waals surface area contributed by atoms with Gasteiger partial charge in [-0.3, -0.25) is 0 Å². The van der Waals surface area contributed by atoms with Crippen molar-refractivity contribution in [1.82, 2.24) is 0 Å². The maximum Gasteiger partial charge on any atom is 0.338 e. The maximum atomic E-state index is 12.3. The molecule has 6 heteroatoms. The van der Waals surface area contributed by atoms with E-state index in [0.29, 0.717) is 28.5 Å². The molecule has 0 bridgehead atoms. The SMILES string of the molecule is CCOC(=O)C1OC(CC)(CC)O[C@@H]1c1c(Cl)cccc1Cl. The number of halogens is 2. The van der Waals surface area contributed by atoms with E-state index < -0.39 is 24.0 Å². The number of carbonyl (C=O) groups is 1. The van der Waals surface area contributed by atoms with Gasteiger partial charge in [0.05, 0.1) is 6.61 Å². The summed E-state index contributed by atoms with van der Waals surface area (Å²) in [6.45, 7) is 5.91. The fourth-order valence-electron chi connectivity index (χ4n) is 2.59. The van der Waals surface area contributed by atoms with Gasteiger partial charge in [0.15, 0.2) is 11.9 Å². The molecule has 1 aliphatic heterocycles. The van der Waals surface area contributed by atoms with Gasteiger partial charge in [0, 0.05) is 15.6 Å². The molecule has 0 amide bonds. The van der Waals surface area contributed by atoms with Gasteiger partial charge in [0.1, 0.15) is 6.10 Å². The molecule has 1 aromatic carbocycles. The Morgan fingerprint density at radius 3 is 2.27 bits per heavy atom. The van der Waals surface area contributed by atoms with Gasteiger partial charge in [-0.15, -0.1) is 0 Å². The van der Waals surface area contributed by atoms with Crippen LogP contribution in [-0.2, 0) is 19.0 Å². The average molecular weight is 347 g/mol. The fourth-order valence-corrected chi connectivity index (χ4v) is 3.20. The molecular formula is C16H20Cl2O4. The fraction of sp³-hybridized carbons (Fsp3) is 0.562. The lowest BCUT2D eigenvalue weighted by atomic mass is 10.0. The van der Waals surface area contributed by atoms with Gasteiger partial charge in [-0.1, -0.05) is 43.1 Å². The molecule has 1 heterocycles. The van der Waals surface area contributed by atoms with Gasteiger partial charge in [0.25, 0.3) is 0 Å². The van der Waals surface area contributed by atoms with E-state index in [-0.39, 0.29) is 6.61 Å². The van der Waals surface area contributed by atoms with Crippen LogP contribution in [0, 0.1) is 0 Å². The van der Waals surface area contributed by atoms with Crippen LogP contribution < -0.4 is 0 Å². The highest BCUT2D eigenvalue weighted by Crippen LogP contribution is 2.46. The molecule has 1 aliphatic rings. The van der Waals surface area contributed by atoms with E-state index in [1.165, 1.54) is 0 Å². The van der Waals surface area contributed by atoms with Gasteiger partial charge in [0.2, 0.25) is 0 Å². The van der Waals surface area contributed by atoms with Gasteiger partial charge in [-0.05, 0) is 31.9 Å². The Balaban J connectivity index is 2.43. The zero-order chi connectivity index (χ0) is 16.3. The molecule has 0 saturated carbocycles. The third kappa shape index (κ3) is 3.25. The van der Waals surface area contributed by atoms with Crippen molar-refractivity contribution < 1.29 is 19.0 Å². The third-order valence-electron chi connectivity index (χ3n) is 3.84. The van der Waals surface area contributed by atoms with Crippen LogP contribution in [0.25, 0.3) is 0 Å². The highest BCUT2D eigenvalue weighted by molar-refractivity contribution is 6.36. The van der Waals surface area contributed by atoms with Crippen molar-refractivity contribution in [2.45, 2.75) is 51.6 Å². The zero-order valence-corrected chi connectivity index (χ0v) is 14.4. The molecule has 0 N–H and O–H groups in total. The van der Waals surface area contributed by atoms with Crippen LogP contribution in [-0.4, -0.2) is 24.5 Å². The first kappa shape index (κ1) is 17.5. The predicted octanol–water partition coefficient (Wildman–Crippen LogP) is 4.53. The van der Waals surface area contributed by atoms with E-state index in [9.17, 15) is 4.79 Å². The summed E-state index contributed by atoms with van der Waals surface area (Å²) in [4.78, 5) is 12.3. The minimum Gasteiger partial charge on any atom is -0.464 e. The van der Waals surface area contributed by atoms with E-state index in [2.05, 4.69) is 0 Å². The second-order valence-corrected chi connectivity index (χ2v) is 5.90. The summed E-state index contributed by atoms with van der Waals surface area (Å²) in [5.74, 6) is -1.29. The first-order chi connectivity index (χ1) is 10.5. The van der Waals surface area contributed by atoms with E-state index in [1.807, 2.05) is 13.8 Å². The summed E-state index contributed by atoms with van der Waals surface area (Å²) in [5, 5.41) is 0.886. The summed E-state index contributed by atoms with van der Waals surface area (Å²) in [6, 6.07) is 5.18. The number of rotatable bonds is 5. The quantitative estimate of drug-likeness (QED) is 0.734. The zero-order valence-electron chi connectivity index (χ0n) is 12.9. The van der Waals surface area contributed by atoms with E-state index in [0.717, 1.165) is 0 Å². The molecule has 0 radical (unpaired) electrons. The van der Waals surface area contributed by atoms with Crippen molar-refractivity contribution in [2.24, 2.45) is 0 Å². The van der Waals surface area contributed by atoms with E-state index in [1.54, 1.807) is 25.1 Å². The number of carbonyl (C=O) groups excluding carboxylic acids is 1. The second kappa shape index (κ2) is 7.18. The Hall–Kier alpha value is -0.810. The van der Waals surface area contributed by atoms with Gasteiger partial charge < -0.3 is 14.2 Å². The normalized spacial score (nSPS) is 23.5. The summed E-state index contributed by atoms with van der Waals surface area (Å²) in [5.41, 5.74) is 0.563. The van der Waals surface area contributed by atoms with Crippen LogP contribution >= 0.6 is 23.2 Å². The molecule has 22 heavy (non-hydrogen) atoms. The van der Waals surface area contributed by atoms with Gasteiger partial charge in [-0.2, -0.15) is 0 Å². The number of ether oxygens (including phenoxy) is 3. The van der Waals surface area contributed by atoms with Crippen molar-refractivity contribution >= 4 is 29.2 Å². The molecule has 2 rings (SSSR count). The largest absolute Gasteiger partial charge is 0.464 e. The van der Waals surface area contributed by atoms with E-state index in [4.69, 9.17) is 37.4 Å². The van der Waals surface area contributed by atoms with Crippen molar-refractivity contribution in [3.8, 4) is 0 Å². The van der Waals surface area contributed by atoms with Crippen molar-refractivity contribution in [2.75, 3.05) is 6.61 Å². The Bertz CT molecular complexity index is 523. The second-order valence-electron chi connectivity index (χ2n) is 5.08. The molecular weight excluding hydrogens is 327 g/mol. The van der Waals surface area contributed by atoms with Gasteiger partial charge in [-0.25, -0.2) is 4.79 Å². The van der Waals surface area contributed by atoms with Crippen LogP contribution in [0.2, 0.25) is 10.0 Å². The molecule has 2 atom stereocenters.